The van der Waals surface area contributed by atoms with Crippen molar-refractivity contribution in [1.29, 1.82) is 0 Å². The molecule has 0 spiro atoms. The monoisotopic (exact) mass is 459 g/mol. The lowest BCUT2D eigenvalue weighted by Crippen LogP contribution is -2.17. The Bertz CT molecular complexity index is 1220. The van der Waals surface area contributed by atoms with Crippen LogP contribution in [0.3, 0.4) is 0 Å². The van der Waals surface area contributed by atoms with Gasteiger partial charge in [0.15, 0.2) is 0 Å². The van der Waals surface area contributed by atoms with E-state index >= 15 is 0 Å². The number of aliphatic imine (C=N–C) groups is 1. The molecule has 3 aromatic rings. The quantitative estimate of drug-likeness (QED) is 0.302. The van der Waals surface area contributed by atoms with E-state index in [1.807, 2.05) is 0 Å². The number of nitrogens with zero attached hydrogens (tertiary/aromatic N) is 1. The summed E-state index contributed by atoms with van der Waals surface area (Å²) in [5.41, 5.74) is 8.85. The topological polar surface area (TPSA) is 120 Å². The molecule has 3 aromatic carbocycles. The summed E-state index contributed by atoms with van der Waals surface area (Å²) in [6, 6.07) is 20.6. The Balaban J connectivity index is 1.84. The van der Waals surface area contributed by atoms with E-state index in [9.17, 15) is 14.4 Å². The van der Waals surface area contributed by atoms with Crippen molar-refractivity contribution in [2.45, 2.75) is 13.8 Å². The predicted molar refractivity (Wildman–Crippen MR) is 130 cm³/mol. The van der Waals surface area contributed by atoms with Crippen molar-refractivity contribution >= 4 is 29.5 Å². The van der Waals surface area contributed by atoms with Gasteiger partial charge in [-0.2, -0.15) is 4.99 Å². The molecule has 0 saturated carbocycles. The van der Waals surface area contributed by atoms with Crippen LogP contribution in [0.4, 0.5) is 10.5 Å². The van der Waals surface area contributed by atoms with Gasteiger partial charge in [-0.3, -0.25) is 4.79 Å². The van der Waals surface area contributed by atoms with Gasteiger partial charge in [-0.1, -0.05) is 36.4 Å². The Labute approximate surface area is 197 Å². The first-order valence-corrected chi connectivity index (χ1v) is 10.7. The summed E-state index contributed by atoms with van der Waals surface area (Å²) in [4.78, 5) is 40.7. The van der Waals surface area contributed by atoms with Crippen LogP contribution in [0.1, 0.15) is 40.1 Å². The van der Waals surface area contributed by atoms with Gasteiger partial charge in [0.05, 0.1) is 18.8 Å². The zero-order chi connectivity index (χ0) is 24.5. The molecule has 8 heteroatoms. The fourth-order valence-corrected chi connectivity index (χ4v) is 3.26. The molecule has 34 heavy (non-hydrogen) atoms. The van der Waals surface area contributed by atoms with Crippen LogP contribution in [0.2, 0.25) is 0 Å². The van der Waals surface area contributed by atoms with Gasteiger partial charge in [0.25, 0.3) is 5.91 Å². The van der Waals surface area contributed by atoms with Gasteiger partial charge >= 0.3 is 12.1 Å². The number of benzene rings is 3. The lowest BCUT2D eigenvalue weighted by molar-refractivity contribution is 0.0527. The summed E-state index contributed by atoms with van der Waals surface area (Å²) in [7, 11) is 0. The van der Waals surface area contributed by atoms with Crippen LogP contribution in [-0.4, -0.2) is 37.0 Å². The Morgan fingerprint density at radius 2 is 1.35 bits per heavy atom. The molecule has 0 radical (unpaired) electrons. The van der Waals surface area contributed by atoms with Gasteiger partial charge in [-0.25, -0.2) is 9.59 Å². The molecular weight excluding hydrogens is 434 g/mol. The zero-order valence-corrected chi connectivity index (χ0v) is 18.9. The number of anilines is 1. The van der Waals surface area contributed by atoms with Gasteiger partial charge in [0.2, 0.25) is 0 Å². The maximum atomic E-state index is 13.1. The van der Waals surface area contributed by atoms with E-state index in [1.165, 1.54) is 0 Å². The smallest absolute Gasteiger partial charge is 0.435 e. The number of rotatable bonds is 7. The summed E-state index contributed by atoms with van der Waals surface area (Å²) < 4.78 is 9.92. The number of nitrogens with one attached hydrogen (secondary N) is 1. The average molecular weight is 460 g/mol. The predicted octanol–water partition coefficient (Wildman–Crippen LogP) is 4.64. The number of carbonyl (C=O) groups excluding carboxylic acids is 3. The molecule has 8 nitrogen and oxygen atoms in total. The van der Waals surface area contributed by atoms with Crippen molar-refractivity contribution in [1.82, 2.24) is 0 Å². The third kappa shape index (κ3) is 5.86. The molecule has 3 N–H and O–H groups in total. The molecule has 2 amide bonds. The Morgan fingerprint density at radius 1 is 0.794 bits per heavy atom. The van der Waals surface area contributed by atoms with E-state index in [2.05, 4.69) is 10.3 Å². The van der Waals surface area contributed by atoms with Gasteiger partial charge in [-0.15, -0.1) is 0 Å². The first-order valence-electron chi connectivity index (χ1n) is 10.7. The van der Waals surface area contributed by atoms with Crippen molar-refractivity contribution < 1.29 is 23.9 Å². The maximum Gasteiger partial charge on any atom is 0.435 e. The fourth-order valence-electron chi connectivity index (χ4n) is 3.26. The Morgan fingerprint density at radius 3 is 1.97 bits per heavy atom. The molecule has 3 rings (SSSR count). The van der Waals surface area contributed by atoms with Crippen LogP contribution in [0.25, 0.3) is 11.1 Å². The third-order valence-electron chi connectivity index (χ3n) is 4.80. The second kappa shape index (κ2) is 11.4. The minimum Gasteiger partial charge on any atom is -0.462 e. The van der Waals surface area contributed by atoms with E-state index < -0.39 is 12.1 Å². The summed E-state index contributed by atoms with van der Waals surface area (Å²) in [5, 5.41) is 2.84. The van der Waals surface area contributed by atoms with E-state index in [1.54, 1.807) is 86.6 Å². The molecular formula is C26H25N3O5. The van der Waals surface area contributed by atoms with Crippen LogP contribution in [0.15, 0.2) is 77.8 Å². The summed E-state index contributed by atoms with van der Waals surface area (Å²) in [6.45, 7) is 3.87. The fraction of sp³-hybridized carbons (Fsp3) is 0.154. The largest absolute Gasteiger partial charge is 0.462 e. The number of esters is 1. The third-order valence-corrected chi connectivity index (χ3v) is 4.80. The highest BCUT2D eigenvalue weighted by Gasteiger charge is 2.18. The number of hydrogen-bond donors (Lipinski definition) is 2. The molecule has 0 saturated heterocycles. The molecule has 0 aromatic heterocycles. The number of amidine groups is 1. The molecule has 174 valence electrons. The number of ether oxygens (including phenoxy) is 2. The lowest BCUT2D eigenvalue weighted by Gasteiger charge is -2.13. The average Bonchev–Trinajstić information content (AvgIpc) is 2.84. The first kappa shape index (κ1) is 24.2. The number of amides is 2. The summed E-state index contributed by atoms with van der Waals surface area (Å²) >= 11 is 0. The standard InChI is InChI=1S/C26H25N3O5/c1-3-33-25(31)22-12-8-6-10-20(22)19-9-5-7-11-21(19)24(30)28-18-15-13-17(14-16-18)23(27)29-26(32)34-4-2/h5-16H,3-4H2,1-2H3,(H,28,30)(H2,27,29,32). The number of carbonyl (C=O) groups is 3. The van der Waals surface area contributed by atoms with Crippen molar-refractivity contribution in [3.8, 4) is 11.1 Å². The van der Waals surface area contributed by atoms with Crippen LogP contribution in [0.5, 0.6) is 0 Å². The van der Waals surface area contributed by atoms with Gasteiger partial charge in [-0.05, 0) is 61.4 Å². The molecule has 0 atom stereocenters. The second-order valence-electron chi connectivity index (χ2n) is 7.04. The minimum absolute atomic E-state index is 0.0113. The van der Waals surface area contributed by atoms with Gasteiger partial charge in [0.1, 0.15) is 5.84 Å². The highest BCUT2D eigenvalue weighted by molar-refractivity contribution is 6.10. The molecule has 0 aliphatic heterocycles. The van der Waals surface area contributed by atoms with E-state index in [0.29, 0.717) is 33.5 Å². The summed E-state index contributed by atoms with van der Waals surface area (Å²) in [6.07, 6.45) is -0.767. The van der Waals surface area contributed by atoms with E-state index in [0.717, 1.165) is 0 Å². The molecule has 0 heterocycles. The van der Waals surface area contributed by atoms with Crippen molar-refractivity contribution in [3.63, 3.8) is 0 Å². The highest BCUT2D eigenvalue weighted by Crippen LogP contribution is 2.28. The highest BCUT2D eigenvalue weighted by atomic mass is 16.5. The molecule has 0 aliphatic carbocycles. The van der Waals surface area contributed by atoms with E-state index in [-0.39, 0.29) is 25.0 Å². The zero-order valence-electron chi connectivity index (χ0n) is 18.9. The van der Waals surface area contributed by atoms with Crippen molar-refractivity contribution in [2.75, 3.05) is 18.5 Å². The molecule has 0 bridgehead atoms. The summed E-state index contributed by atoms with van der Waals surface area (Å²) in [5.74, 6) is -0.793. The van der Waals surface area contributed by atoms with Crippen LogP contribution in [0, 0.1) is 0 Å². The van der Waals surface area contributed by atoms with Crippen LogP contribution in [-0.2, 0) is 9.47 Å². The van der Waals surface area contributed by atoms with Crippen molar-refractivity contribution in [3.05, 3.63) is 89.5 Å². The Hall–Kier alpha value is -4.46. The number of nitrogens with two attached hydrogens (primary N) is 1. The van der Waals surface area contributed by atoms with Gasteiger partial charge in [0, 0.05) is 16.8 Å². The van der Waals surface area contributed by atoms with Crippen LogP contribution < -0.4 is 11.1 Å². The second-order valence-corrected chi connectivity index (χ2v) is 7.04. The minimum atomic E-state index is -0.767. The Kier molecular flexibility index (Phi) is 8.12. The lowest BCUT2D eigenvalue weighted by atomic mass is 9.95. The molecule has 0 unspecified atom stereocenters. The first-order chi connectivity index (χ1) is 16.4. The van der Waals surface area contributed by atoms with Crippen LogP contribution >= 0.6 is 0 Å². The normalized spacial score (nSPS) is 10.9. The number of hydrogen-bond acceptors (Lipinski definition) is 5. The molecule has 0 fully saturated rings. The van der Waals surface area contributed by atoms with E-state index in [4.69, 9.17) is 15.2 Å². The maximum absolute atomic E-state index is 13.1. The van der Waals surface area contributed by atoms with Gasteiger partial charge < -0.3 is 20.5 Å². The SMILES string of the molecule is CCOC(=O)N=C(N)c1ccc(NC(=O)c2ccccc2-c2ccccc2C(=O)OCC)cc1. The van der Waals surface area contributed by atoms with Crippen molar-refractivity contribution in [2.24, 2.45) is 10.7 Å². The molecule has 0 aliphatic rings.